The van der Waals surface area contributed by atoms with Crippen molar-refractivity contribution in [3.63, 3.8) is 0 Å². The molecular formula is C27H51BN3O12PS. The van der Waals surface area contributed by atoms with Gasteiger partial charge < -0.3 is 64.2 Å². The van der Waals surface area contributed by atoms with Gasteiger partial charge in [-0.15, -0.1) is 0 Å². The van der Waals surface area contributed by atoms with E-state index in [-0.39, 0.29) is 25.2 Å². The van der Waals surface area contributed by atoms with Crippen LogP contribution < -0.4 is 16.0 Å². The van der Waals surface area contributed by atoms with E-state index in [0.29, 0.717) is 25.9 Å². The quantitative estimate of drug-likeness (QED) is 0.0475. The van der Waals surface area contributed by atoms with Crippen molar-refractivity contribution >= 4 is 38.3 Å². The molecule has 2 fully saturated rings. The molecule has 2 aliphatic heterocycles. The van der Waals surface area contributed by atoms with Gasteiger partial charge in [-0.1, -0.05) is 25.7 Å². The van der Waals surface area contributed by atoms with Crippen LogP contribution in [-0.4, -0.2) is 136 Å². The summed E-state index contributed by atoms with van der Waals surface area (Å²) >= 11 is 5.02. The van der Waals surface area contributed by atoms with Gasteiger partial charge in [0.05, 0.1) is 13.2 Å². The highest BCUT2D eigenvalue weighted by molar-refractivity contribution is 8.07. The summed E-state index contributed by atoms with van der Waals surface area (Å²) in [6.45, 7) is -1.16. The summed E-state index contributed by atoms with van der Waals surface area (Å²) < 4.78 is 32.8. The van der Waals surface area contributed by atoms with Crippen LogP contribution in [0.3, 0.4) is 0 Å². The molecule has 2 radical (unpaired) electrons. The number of ether oxygens (including phenoxy) is 4. The number of nitrogens with one attached hydrogen (secondary N) is 3. The number of carbonyl (C=O) groups is 2. The van der Waals surface area contributed by atoms with E-state index in [0.717, 1.165) is 38.5 Å². The molecule has 2 unspecified atom stereocenters. The predicted molar refractivity (Wildman–Crippen MR) is 168 cm³/mol. The molecule has 0 aromatic carbocycles. The van der Waals surface area contributed by atoms with Gasteiger partial charge in [0.25, 0.3) is 0 Å². The second-order valence-electron chi connectivity index (χ2n) is 11.2. The number of urea groups is 1. The second kappa shape index (κ2) is 21.1. The average molecular weight is 684 g/mol. The van der Waals surface area contributed by atoms with E-state index in [9.17, 15) is 29.8 Å². The number of amides is 3. The Morgan fingerprint density at radius 1 is 0.956 bits per heavy atom. The predicted octanol–water partition coefficient (Wildman–Crippen LogP) is -0.229. The lowest BCUT2D eigenvalue weighted by atomic mass is 9.81. The number of unbranched alkanes of at least 4 members (excludes halogenated alkanes) is 5. The van der Waals surface area contributed by atoms with Gasteiger partial charge in [-0.25, -0.2) is 4.79 Å². The lowest BCUT2D eigenvalue weighted by Crippen LogP contribution is -2.64. The highest BCUT2D eigenvalue weighted by Gasteiger charge is 2.46. The van der Waals surface area contributed by atoms with Crippen molar-refractivity contribution in [2.75, 3.05) is 47.1 Å². The Morgan fingerprint density at radius 2 is 1.60 bits per heavy atom. The zero-order chi connectivity index (χ0) is 33.4. The Bertz CT molecular complexity index is 930. The molecule has 7 N–H and O–H groups in total. The number of hydrogen-bond acceptors (Lipinski definition) is 12. The SMILES string of the molecule is [B][C@@H]1O[C@H](COC)C(OP(O)(=S)OC)[C@@H]1CCCCCCCNC(=O)NCCCCO[C@@H]1O[C@H](CO)[C@H](O)[C@H](O)[C@H]1NC(C)=O. The van der Waals surface area contributed by atoms with Gasteiger partial charge in [0.2, 0.25) is 5.91 Å². The lowest BCUT2D eigenvalue weighted by molar-refractivity contribution is -0.270. The summed E-state index contributed by atoms with van der Waals surface area (Å²) in [5.41, 5.74) is 0. The molecule has 2 saturated heterocycles. The maximum atomic E-state index is 12.1. The minimum Gasteiger partial charge on any atom is -0.394 e. The average Bonchev–Trinajstić information content (AvgIpc) is 3.27. The molecule has 0 aromatic rings. The van der Waals surface area contributed by atoms with Crippen molar-refractivity contribution in [2.24, 2.45) is 5.92 Å². The molecule has 0 spiro atoms. The van der Waals surface area contributed by atoms with Crippen molar-refractivity contribution in [1.29, 1.82) is 0 Å². The van der Waals surface area contributed by atoms with Gasteiger partial charge in [-0.2, -0.15) is 0 Å². The van der Waals surface area contributed by atoms with Crippen molar-refractivity contribution in [1.82, 2.24) is 16.0 Å². The number of rotatable bonds is 21. The number of hydrogen-bond donors (Lipinski definition) is 7. The molecule has 2 heterocycles. The molecule has 2 rings (SSSR count). The number of aliphatic hydroxyl groups is 3. The van der Waals surface area contributed by atoms with Crippen molar-refractivity contribution in [3.05, 3.63) is 0 Å². The topological polar surface area (TPSA) is 207 Å². The molecule has 10 atom stereocenters. The van der Waals surface area contributed by atoms with Gasteiger partial charge in [-0.3, -0.25) is 4.79 Å². The number of carbonyl (C=O) groups excluding carboxylic acids is 2. The molecule has 260 valence electrons. The second-order valence-corrected chi connectivity index (χ2v) is 14.1. The first kappa shape index (κ1) is 40.2. The Morgan fingerprint density at radius 3 is 2.22 bits per heavy atom. The molecular weight excluding hydrogens is 632 g/mol. The first-order valence-electron chi connectivity index (χ1n) is 15.4. The van der Waals surface area contributed by atoms with Gasteiger partial charge in [-0.05, 0) is 37.5 Å². The zero-order valence-corrected chi connectivity index (χ0v) is 28.1. The summed E-state index contributed by atoms with van der Waals surface area (Å²) in [5, 5.41) is 37.9. The van der Waals surface area contributed by atoms with Crippen molar-refractivity contribution < 1.29 is 57.8 Å². The number of aliphatic hydroxyl groups excluding tert-OH is 3. The minimum absolute atomic E-state index is 0.145. The third-order valence-corrected chi connectivity index (χ3v) is 9.42. The third-order valence-electron chi connectivity index (χ3n) is 7.75. The molecule has 0 saturated carbocycles. The summed E-state index contributed by atoms with van der Waals surface area (Å²) in [6, 6.07) is -1.79. The molecule has 3 amide bonds. The highest BCUT2D eigenvalue weighted by Crippen LogP contribution is 2.48. The molecule has 45 heavy (non-hydrogen) atoms. The third kappa shape index (κ3) is 14.0. The van der Waals surface area contributed by atoms with Crippen LogP contribution in [-0.2, 0) is 44.6 Å². The first-order valence-corrected chi connectivity index (χ1v) is 18.0. The van der Waals surface area contributed by atoms with Crippen LogP contribution in [0.4, 0.5) is 4.79 Å². The summed E-state index contributed by atoms with van der Waals surface area (Å²) in [6.07, 6.45) is 0.812. The maximum absolute atomic E-state index is 12.1. The van der Waals surface area contributed by atoms with E-state index in [4.69, 9.17) is 47.6 Å². The Labute approximate surface area is 272 Å². The van der Waals surface area contributed by atoms with Crippen LogP contribution in [0.15, 0.2) is 0 Å². The van der Waals surface area contributed by atoms with E-state index in [2.05, 4.69) is 16.0 Å². The fourth-order valence-corrected chi connectivity index (χ4v) is 6.34. The maximum Gasteiger partial charge on any atom is 0.324 e. The Kier molecular flexibility index (Phi) is 18.9. The lowest BCUT2D eigenvalue weighted by Gasteiger charge is -2.42. The molecule has 2 aliphatic rings. The van der Waals surface area contributed by atoms with Gasteiger partial charge in [0.1, 0.15) is 44.4 Å². The smallest absolute Gasteiger partial charge is 0.324 e. The monoisotopic (exact) mass is 683 g/mol. The van der Waals surface area contributed by atoms with Crippen LogP contribution in [0.2, 0.25) is 0 Å². The molecule has 15 nitrogen and oxygen atoms in total. The first-order chi connectivity index (χ1) is 21.4. The largest absolute Gasteiger partial charge is 0.394 e. The Hall–Kier alpha value is -0.945. The van der Waals surface area contributed by atoms with Crippen molar-refractivity contribution in [2.45, 2.75) is 107 Å². The summed E-state index contributed by atoms with van der Waals surface area (Å²) in [7, 11) is 9.05. The van der Waals surface area contributed by atoms with Crippen LogP contribution in [0.5, 0.6) is 0 Å². The molecule has 0 aromatic heterocycles. The van der Waals surface area contributed by atoms with Crippen LogP contribution in [0.25, 0.3) is 0 Å². The normalized spacial score (nSPS) is 31.3. The molecule has 0 bridgehead atoms. The molecule has 0 aliphatic carbocycles. The van der Waals surface area contributed by atoms with Crippen molar-refractivity contribution in [3.8, 4) is 0 Å². The van der Waals surface area contributed by atoms with E-state index in [1.54, 1.807) is 7.11 Å². The van der Waals surface area contributed by atoms with E-state index in [1.165, 1.54) is 14.0 Å². The van der Waals surface area contributed by atoms with Gasteiger partial charge in [0.15, 0.2) is 6.29 Å². The van der Waals surface area contributed by atoms with E-state index in [1.807, 2.05) is 0 Å². The van der Waals surface area contributed by atoms with Crippen LogP contribution in [0.1, 0.15) is 58.3 Å². The minimum atomic E-state index is -3.38. The van der Waals surface area contributed by atoms with E-state index < -0.39 is 68.1 Å². The van der Waals surface area contributed by atoms with Crippen LogP contribution >= 0.6 is 6.72 Å². The summed E-state index contributed by atoms with van der Waals surface area (Å²) in [5.74, 6) is -0.566. The standard InChI is InChI=1S/C27H51BN3O12PS/c1-17(33)31-21-23(35)22(34)19(15-32)42-26(21)40-14-10-9-13-30-27(36)29-12-8-6-4-5-7-11-18-24(43-44(37,45)39-3)20(16-38-2)41-25(18)28/h18-26,32,34-35H,4-16H2,1-3H3,(H,31,33)(H,37,45)(H2,29,30,36)/t18-,19+,20+,21+,22-,23+,24?,25+,26+,44?/m0/s1. The van der Waals surface area contributed by atoms with Crippen LogP contribution in [0, 0.1) is 5.92 Å². The zero-order valence-electron chi connectivity index (χ0n) is 26.4. The highest BCUT2D eigenvalue weighted by atomic mass is 32.5. The van der Waals surface area contributed by atoms with E-state index >= 15 is 0 Å². The fourth-order valence-electron chi connectivity index (χ4n) is 5.35. The fraction of sp³-hybridized carbons (Fsp3) is 0.926. The Balaban J connectivity index is 1.54. The van der Waals surface area contributed by atoms with Gasteiger partial charge in [0, 0.05) is 52.8 Å². The summed E-state index contributed by atoms with van der Waals surface area (Å²) in [4.78, 5) is 33.7. The molecule has 18 heteroatoms. The number of methoxy groups -OCH3 is 1. The van der Waals surface area contributed by atoms with Gasteiger partial charge >= 0.3 is 12.7 Å².